The summed E-state index contributed by atoms with van der Waals surface area (Å²) in [6.07, 6.45) is 1.66. The molecule has 0 saturated heterocycles. The fourth-order valence-corrected chi connectivity index (χ4v) is 1.99. The lowest BCUT2D eigenvalue weighted by molar-refractivity contribution is -0.117. The Labute approximate surface area is 74.9 Å². The van der Waals surface area contributed by atoms with E-state index in [0.717, 1.165) is 18.4 Å². The molecule has 0 aromatic heterocycles. The smallest absolute Gasteiger partial charge is 0.159 e. The number of rotatable bonds is 1. The van der Waals surface area contributed by atoms with E-state index in [-0.39, 0.29) is 0 Å². The van der Waals surface area contributed by atoms with Gasteiger partial charge in [0.05, 0.1) is 0 Å². The maximum atomic E-state index is 11.5. The van der Waals surface area contributed by atoms with Gasteiger partial charge < -0.3 is 0 Å². The first kappa shape index (κ1) is 9.50. The average molecular weight is 166 g/mol. The topological polar surface area (TPSA) is 17.1 Å². The highest BCUT2D eigenvalue weighted by Crippen LogP contribution is 2.33. The van der Waals surface area contributed by atoms with Crippen LogP contribution >= 0.6 is 0 Å². The Morgan fingerprint density at radius 2 is 2.00 bits per heavy atom. The fourth-order valence-electron chi connectivity index (χ4n) is 1.99. The molecule has 0 spiro atoms. The van der Waals surface area contributed by atoms with Gasteiger partial charge in [0.2, 0.25) is 0 Å². The lowest BCUT2D eigenvalue weighted by atomic mass is 9.76. The van der Waals surface area contributed by atoms with Crippen LogP contribution in [0.3, 0.4) is 0 Å². The summed E-state index contributed by atoms with van der Waals surface area (Å²) in [7, 11) is 0. The molecule has 12 heavy (non-hydrogen) atoms. The second kappa shape index (κ2) is 3.42. The fraction of sp³-hybridized carbons (Fsp3) is 0.727. The van der Waals surface area contributed by atoms with Gasteiger partial charge in [-0.15, -0.1) is 0 Å². The molecule has 0 aromatic carbocycles. The first-order valence-electron chi connectivity index (χ1n) is 4.80. The van der Waals surface area contributed by atoms with E-state index < -0.39 is 0 Å². The maximum absolute atomic E-state index is 11.5. The monoisotopic (exact) mass is 166 g/mol. The molecule has 0 fully saturated rings. The van der Waals surface area contributed by atoms with Crippen LogP contribution < -0.4 is 0 Å². The van der Waals surface area contributed by atoms with E-state index in [9.17, 15) is 4.79 Å². The third-order valence-electron chi connectivity index (χ3n) is 3.21. The normalized spacial score (nSPS) is 31.2. The van der Waals surface area contributed by atoms with Crippen LogP contribution in [-0.2, 0) is 4.79 Å². The molecule has 0 bridgehead atoms. The minimum absolute atomic E-state index is 0.376. The van der Waals surface area contributed by atoms with E-state index >= 15 is 0 Å². The molecule has 0 radical (unpaired) electrons. The molecule has 0 amide bonds. The zero-order valence-corrected chi connectivity index (χ0v) is 8.48. The predicted molar refractivity (Wildman–Crippen MR) is 50.9 cm³/mol. The Morgan fingerprint density at radius 3 is 2.50 bits per heavy atom. The Bertz CT molecular complexity index is 225. The van der Waals surface area contributed by atoms with E-state index in [2.05, 4.69) is 27.7 Å². The van der Waals surface area contributed by atoms with E-state index in [1.165, 1.54) is 5.57 Å². The molecule has 0 N–H and O–H groups in total. The zero-order chi connectivity index (χ0) is 9.30. The molecule has 0 heterocycles. The summed E-state index contributed by atoms with van der Waals surface area (Å²) in [5.41, 5.74) is 2.40. The molecule has 2 unspecified atom stereocenters. The molecular formula is C11H18O. The van der Waals surface area contributed by atoms with Crippen LogP contribution in [0.15, 0.2) is 11.1 Å². The van der Waals surface area contributed by atoms with E-state index in [1.807, 2.05) is 0 Å². The van der Waals surface area contributed by atoms with Crippen molar-refractivity contribution in [1.82, 2.24) is 0 Å². The lowest BCUT2D eigenvalue weighted by Gasteiger charge is -2.28. The van der Waals surface area contributed by atoms with Crippen molar-refractivity contribution in [3.8, 4) is 0 Å². The Morgan fingerprint density at radius 1 is 1.42 bits per heavy atom. The standard InChI is InChI=1S/C11H18O/c1-5-10-9(4)8(3)7(2)6-11(10)12/h7-8H,5-6H2,1-4H3. The van der Waals surface area contributed by atoms with E-state index in [0.29, 0.717) is 17.6 Å². The van der Waals surface area contributed by atoms with Crippen LogP contribution in [0.2, 0.25) is 0 Å². The van der Waals surface area contributed by atoms with Gasteiger partial charge in [-0.1, -0.05) is 26.3 Å². The van der Waals surface area contributed by atoms with Crippen LogP contribution in [0, 0.1) is 11.8 Å². The molecule has 0 aromatic rings. The number of hydrogen-bond acceptors (Lipinski definition) is 1. The second-order valence-electron chi connectivity index (χ2n) is 3.91. The number of ketones is 1. The average Bonchev–Trinajstić information content (AvgIpc) is 2.01. The molecule has 0 aliphatic heterocycles. The van der Waals surface area contributed by atoms with Crippen molar-refractivity contribution in [3.05, 3.63) is 11.1 Å². The predicted octanol–water partition coefficient (Wildman–Crippen LogP) is 2.96. The summed E-state index contributed by atoms with van der Waals surface area (Å²) in [6.45, 7) is 8.57. The Balaban J connectivity index is 2.99. The third kappa shape index (κ3) is 1.45. The molecule has 68 valence electrons. The first-order valence-corrected chi connectivity index (χ1v) is 4.80. The summed E-state index contributed by atoms with van der Waals surface area (Å²) in [5.74, 6) is 1.51. The molecule has 2 atom stereocenters. The van der Waals surface area contributed by atoms with E-state index in [1.54, 1.807) is 0 Å². The molecule has 1 aliphatic carbocycles. The van der Waals surface area contributed by atoms with Gasteiger partial charge >= 0.3 is 0 Å². The van der Waals surface area contributed by atoms with Crippen molar-refractivity contribution >= 4 is 5.78 Å². The van der Waals surface area contributed by atoms with Gasteiger partial charge in [-0.3, -0.25) is 4.79 Å². The third-order valence-corrected chi connectivity index (χ3v) is 3.21. The maximum Gasteiger partial charge on any atom is 0.159 e. The van der Waals surface area contributed by atoms with Crippen molar-refractivity contribution in [2.45, 2.75) is 40.5 Å². The number of Topliss-reactive ketones (excluding diaryl/α,β-unsaturated/α-hetero) is 1. The summed E-state index contributed by atoms with van der Waals surface area (Å²) in [4.78, 5) is 11.5. The molecule has 1 rings (SSSR count). The summed E-state index contributed by atoms with van der Waals surface area (Å²) < 4.78 is 0. The number of allylic oxidation sites excluding steroid dienone is 2. The summed E-state index contributed by atoms with van der Waals surface area (Å²) in [6, 6.07) is 0. The van der Waals surface area contributed by atoms with Crippen molar-refractivity contribution in [1.29, 1.82) is 0 Å². The number of carbonyl (C=O) groups is 1. The van der Waals surface area contributed by atoms with Crippen LogP contribution in [0.5, 0.6) is 0 Å². The highest BCUT2D eigenvalue weighted by molar-refractivity contribution is 5.97. The van der Waals surface area contributed by atoms with Gasteiger partial charge in [0.15, 0.2) is 5.78 Å². The van der Waals surface area contributed by atoms with Crippen LogP contribution in [0.1, 0.15) is 40.5 Å². The minimum atomic E-state index is 0.376. The van der Waals surface area contributed by atoms with Gasteiger partial charge in [-0.05, 0) is 30.8 Å². The molecule has 0 saturated carbocycles. The largest absolute Gasteiger partial charge is 0.295 e. The number of hydrogen-bond donors (Lipinski definition) is 0. The molecule has 1 aliphatic rings. The Hall–Kier alpha value is -0.590. The molecule has 1 heteroatoms. The first-order chi connectivity index (χ1) is 5.57. The van der Waals surface area contributed by atoms with Gasteiger partial charge in [-0.2, -0.15) is 0 Å². The van der Waals surface area contributed by atoms with Crippen LogP contribution in [0.25, 0.3) is 0 Å². The zero-order valence-electron chi connectivity index (χ0n) is 8.48. The minimum Gasteiger partial charge on any atom is -0.295 e. The van der Waals surface area contributed by atoms with Crippen molar-refractivity contribution < 1.29 is 4.79 Å². The molecule has 1 nitrogen and oxygen atoms in total. The van der Waals surface area contributed by atoms with Gasteiger partial charge in [0, 0.05) is 6.42 Å². The second-order valence-corrected chi connectivity index (χ2v) is 3.91. The van der Waals surface area contributed by atoms with Crippen molar-refractivity contribution in [3.63, 3.8) is 0 Å². The van der Waals surface area contributed by atoms with Crippen molar-refractivity contribution in [2.24, 2.45) is 11.8 Å². The SMILES string of the molecule is CCC1=C(C)C(C)C(C)CC1=O. The quantitative estimate of drug-likeness (QED) is 0.585. The lowest BCUT2D eigenvalue weighted by Crippen LogP contribution is -2.23. The molecular weight excluding hydrogens is 148 g/mol. The van der Waals surface area contributed by atoms with Crippen molar-refractivity contribution in [2.75, 3.05) is 0 Å². The van der Waals surface area contributed by atoms with Gasteiger partial charge in [-0.25, -0.2) is 0 Å². The van der Waals surface area contributed by atoms with Crippen LogP contribution in [0.4, 0.5) is 0 Å². The van der Waals surface area contributed by atoms with Crippen LogP contribution in [-0.4, -0.2) is 5.78 Å². The van der Waals surface area contributed by atoms with Gasteiger partial charge in [0.1, 0.15) is 0 Å². The summed E-state index contributed by atoms with van der Waals surface area (Å²) in [5, 5.41) is 0. The summed E-state index contributed by atoms with van der Waals surface area (Å²) >= 11 is 0. The van der Waals surface area contributed by atoms with Gasteiger partial charge in [0.25, 0.3) is 0 Å². The van der Waals surface area contributed by atoms with E-state index in [4.69, 9.17) is 0 Å². The highest BCUT2D eigenvalue weighted by atomic mass is 16.1. The highest BCUT2D eigenvalue weighted by Gasteiger charge is 2.27. The number of carbonyl (C=O) groups excluding carboxylic acids is 1. The Kier molecular flexibility index (Phi) is 2.71.